The van der Waals surface area contributed by atoms with Crippen LogP contribution in [0.4, 0.5) is 0 Å². The van der Waals surface area contributed by atoms with Crippen molar-refractivity contribution in [2.24, 2.45) is 5.92 Å². The van der Waals surface area contributed by atoms with Crippen LogP contribution >= 0.6 is 11.8 Å². The van der Waals surface area contributed by atoms with Gasteiger partial charge in [0.1, 0.15) is 11.3 Å². The Morgan fingerprint density at radius 2 is 2.00 bits per heavy atom. The molecule has 1 saturated carbocycles. The minimum atomic E-state index is -0.254. The highest BCUT2D eigenvalue weighted by atomic mass is 32.2. The molecular weight excluding hydrogens is 236 g/mol. The van der Waals surface area contributed by atoms with Crippen LogP contribution in [0.15, 0.2) is 11.3 Å². The Morgan fingerprint density at radius 3 is 2.59 bits per heavy atom. The third-order valence-electron chi connectivity index (χ3n) is 3.62. The fraction of sp³-hybridized carbons (Fsp3) is 0.692. The van der Waals surface area contributed by atoms with Crippen LogP contribution in [0.2, 0.25) is 0 Å². The molecule has 0 bridgehead atoms. The van der Waals surface area contributed by atoms with E-state index in [-0.39, 0.29) is 28.0 Å². The summed E-state index contributed by atoms with van der Waals surface area (Å²) in [6.45, 7) is 0. The first-order valence-electron chi connectivity index (χ1n) is 6.31. The highest BCUT2D eigenvalue weighted by Crippen LogP contribution is 2.30. The van der Waals surface area contributed by atoms with Crippen LogP contribution < -0.4 is 0 Å². The summed E-state index contributed by atoms with van der Waals surface area (Å²) in [5.41, 5.74) is 0.0609. The Hall–Kier alpha value is -0.770. The molecule has 0 aromatic rings. The molecule has 3 nitrogen and oxygen atoms in total. The van der Waals surface area contributed by atoms with Crippen molar-refractivity contribution in [2.75, 3.05) is 5.75 Å². The first-order chi connectivity index (χ1) is 8.18. The maximum absolute atomic E-state index is 11.9. The molecule has 4 heteroatoms. The average molecular weight is 254 g/mol. The van der Waals surface area contributed by atoms with Crippen LogP contribution in [0.25, 0.3) is 0 Å². The molecular formula is C13H18O3S. The Balaban J connectivity index is 1.84. The van der Waals surface area contributed by atoms with Gasteiger partial charge in [-0.05, 0) is 12.3 Å². The molecule has 94 valence electrons. The van der Waals surface area contributed by atoms with E-state index in [1.807, 2.05) is 0 Å². The first-order valence-corrected chi connectivity index (χ1v) is 7.29. The molecule has 0 amide bonds. The van der Waals surface area contributed by atoms with Crippen molar-refractivity contribution in [1.82, 2.24) is 0 Å². The normalized spacial score (nSPS) is 22.2. The van der Waals surface area contributed by atoms with E-state index in [1.165, 1.54) is 32.1 Å². The second-order valence-corrected chi connectivity index (χ2v) is 5.81. The van der Waals surface area contributed by atoms with Crippen molar-refractivity contribution in [3.8, 4) is 0 Å². The van der Waals surface area contributed by atoms with Gasteiger partial charge in [-0.3, -0.25) is 9.59 Å². The van der Waals surface area contributed by atoms with Gasteiger partial charge in [0.05, 0.1) is 5.75 Å². The van der Waals surface area contributed by atoms with Crippen molar-refractivity contribution in [3.63, 3.8) is 0 Å². The van der Waals surface area contributed by atoms with Crippen molar-refractivity contribution in [1.29, 1.82) is 0 Å². The molecule has 1 aliphatic heterocycles. The SMILES string of the molecule is O=C(CCC1CCCCC1)C1=C(O)CSC1=O. The van der Waals surface area contributed by atoms with E-state index in [2.05, 4.69) is 0 Å². The molecule has 1 heterocycles. The third-order valence-corrected chi connectivity index (χ3v) is 4.50. The van der Waals surface area contributed by atoms with Crippen molar-refractivity contribution in [3.05, 3.63) is 11.3 Å². The number of Topliss-reactive ketones (excluding diaryl/α,β-unsaturated/α-hetero) is 1. The molecule has 17 heavy (non-hydrogen) atoms. The molecule has 0 spiro atoms. The zero-order valence-corrected chi connectivity index (χ0v) is 10.7. The second kappa shape index (κ2) is 5.71. The smallest absolute Gasteiger partial charge is 0.226 e. The van der Waals surface area contributed by atoms with Crippen LogP contribution in [-0.2, 0) is 9.59 Å². The lowest BCUT2D eigenvalue weighted by Crippen LogP contribution is -2.13. The first kappa shape index (κ1) is 12.7. The Kier molecular flexibility index (Phi) is 4.26. The Morgan fingerprint density at radius 1 is 1.29 bits per heavy atom. The number of carbonyl (C=O) groups excluding carboxylic acids is 2. The van der Waals surface area contributed by atoms with Crippen molar-refractivity contribution in [2.45, 2.75) is 44.9 Å². The highest BCUT2D eigenvalue weighted by molar-refractivity contribution is 8.14. The van der Waals surface area contributed by atoms with Gasteiger partial charge in [0, 0.05) is 6.42 Å². The summed E-state index contributed by atoms with van der Waals surface area (Å²) in [6, 6.07) is 0. The van der Waals surface area contributed by atoms with Crippen molar-refractivity contribution >= 4 is 22.7 Å². The fourth-order valence-electron chi connectivity index (χ4n) is 2.61. The summed E-state index contributed by atoms with van der Waals surface area (Å²) in [7, 11) is 0. The number of hydrogen-bond acceptors (Lipinski definition) is 4. The zero-order valence-electron chi connectivity index (χ0n) is 9.91. The van der Waals surface area contributed by atoms with Crippen LogP contribution in [0, 0.1) is 5.92 Å². The van der Waals surface area contributed by atoms with Crippen molar-refractivity contribution < 1.29 is 14.7 Å². The van der Waals surface area contributed by atoms with E-state index in [1.54, 1.807) is 0 Å². The van der Waals surface area contributed by atoms with E-state index in [0.29, 0.717) is 12.3 Å². The molecule has 0 saturated heterocycles. The average Bonchev–Trinajstić information content (AvgIpc) is 2.67. The number of carbonyl (C=O) groups is 2. The number of aliphatic hydroxyl groups excluding tert-OH is 1. The zero-order chi connectivity index (χ0) is 12.3. The van der Waals surface area contributed by atoms with Gasteiger partial charge >= 0.3 is 0 Å². The molecule has 1 N–H and O–H groups in total. The van der Waals surface area contributed by atoms with Gasteiger partial charge in [-0.15, -0.1) is 0 Å². The molecule has 0 aromatic heterocycles. The van der Waals surface area contributed by atoms with Crippen LogP contribution in [0.5, 0.6) is 0 Å². The van der Waals surface area contributed by atoms with E-state index in [0.717, 1.165) is 18.2 Å². The van der Waals surface area contributed by atoms with Crippen LogP contribution in [-0.4, -0.2) is 21.8 Å². The number of aliphatic hydroxyl groups is 1. The monoisotopic (exact) mass is 254 g/mol. The van der Waals surface area contributed by atoms with E-state index in [9.17, 15) is 14.7 Å². The Bertz CT molecular complexity index is 354. The summed E-state index contributed by atoms with van der Waals surface area (Å²) in [4.78, 5) is 23.3. The van der Waals surface area contributed by atoms with Gasteiger partial charge in [-0.1, -0.05) is 43.9 Å². The van der Waals surface area contributed by atoms with Crippen LogP contribution in [0.3, 0.4) is 0 Å². The van der Waals surface area contributed by atoms with Gasteiger partial charge in [-0.2, -0.15) is 0 Å². The molecule has 0 unspecified atom stereocenters. The molecule has 1 aliphatic carbocycles. The summed E-state index contributed by atoms with van der Waals surface area (Å²) < 4.78 is 0. The lowest BCUT2D eigenvalue weighted by Gasteiger charge is -2.20. The maximum atomic E-state index is 11.9. The molecule has 0 atom stereocenters. The summed E-state index contributed by atoms with van der Waals surface area (Å²) in [6.07, 6.45) is 7.54. The summed E-state index contributed by atoms with van der Waals surface area (Å²) in [5, 5.41) is 9.23. The largest absolute Gasteiger partial charge is 0.510 e. The lowest BCUT2D eigenvalue weighted by atomic mass is 9.85. The number of thioether (sulfide) groups is 1. The van der Waals surface area contributed by atoms with Gasteiger partial charge in [-0.25, -0.2) is 0 Å². The summed E-state index contributed by atoms with van der Waals surface area (Å²) >= 11 is 1.02. The minimum absolute atomic E-state index is 0.0198. The fourth-order valence-corrected chi connectivity index (χ4v) is 3.39. The molecule has 2 aliphatic rings. The van der Waals surface area contributed by atoms with E-state index < -0.39 is 0 Å². The van der Waals surface area contributed by atoms with E-state index in [4.69, 9.17) is 0 Å². The second-order valence-electron chi connectivity index (χ2n) is 4.86. The predicted molar refractivity (Wildman–Crippen MR) is 67.9 cm³/mol. The molecule has 1 fully saturated rings. The van der Waals surface area contributed by atoms with Crippen LogP contribution in [0.1, 0.15) is 44.9 Å². The maximum Gasteiger partial charge on any atom is 0.226 e. The molecule has 0 aromatic carbocycles. The van der Waals surface area contributed by atoms with E-state index >= 15 is 0 Å². The topological polar surface area (TPSA) is 54.4 Å². The predicted octanol–water partition coefficient (Wildman–Crippen LogP) is 3.00. The molecule has 0 radical (unpaired) electrons. The summed E-state index contributed by atoms with van der Waals surface area (Å²) in [5.74, 6) is 0.722. The van der Waals surface area contributed by atoms with Gasteiger partial charge in [0.2, 0.25) is 5.12 Å². The van der Waals surface area contributed by atoms with Gasteiger partial charge in [0.15, 0.2) is 5.78 Å². The number of hydrogen-bond donors (Lipinski definition) is 1. The van der Waals surface area contributed by atoms with Gasteiger partial charge in [0.25, 0.3) is 0 Å². The standard InChI is InChI=1S/C13H18O3S/c14-10(12-11(15)8-17-13(12)16)7-6-9-4-2-1-3-5-9/h9,15H,1-8H2. The lowest BCUT2D eigenvalue weighted by molar-refractivity contribution is -0.118. The third kappa shape index (κ3) is 3.12. The number of ketones is 1. The number of rotatable bonds is 4. The van der Waals surface area contributed by atoms with Gasteiger partial charge < -0.3 is 5.11 Å². The highest BCUT2D eigenvalue weighted by Gasteiger charge is 2.29. The minimum Gasteiger partial charge on any atom is -0.510 e. The Labute approximate surface area is 106 Å². The molecule has 2 rings (SSSR count). The quantitative estimate of drug-likeness (QED) is 0.784.